The maximum Gasteiger partial charge on any atom is 0.256 e. The molecule has 0 atom stereocenters. The number of pyridine rings is 1. The van der Waals surface area contributed by atoms with E-state index in [1.54, 1.807) is 29.1 Å². The molecule has 2 aliphatic heterocycles. The predicted octanol–water partition coefficient (Wildman–Crippen LogP) is 6.43. The Balaban J connectivity index is 1.09. The Morgan fingerprint density at radius 2 is 1.72 bits per heavy atom. The summed E-state index contributed by atoms with van der Waals surface area (Å²) in [7, 11) is 0. The number of benzene rings is 2. The van der Waals surface area contributed by atoms with Crippen LogP contribution >= 0.6 is 0 Å². The normalized spacial score (nSPS) is 16.2. The molecule has 0 aliphatic carbocycles. The molecule has 1 N–H and O–H groups in total. The van der Waals surface area contributed by atoms with Gasteiger partial charge < -0.3 is 24.4 Å². The number of nitrogens with one attached hydrogen (secondary N) is 1. The third-order valence-electron chi connectivity index (χ3n) is 9.29. The number of hydrogen-bond acceptors (Lipinski definition) is 8. The predicted molar refractivity (Wildman–Crippen MR) is 183 cm³/mol. The van der Waals surface area contributed by atoms with Crippen LogP contribution in [0.2, 0.25) is 0 Å². The summed E-state index contributed by atoms with van der Waals surface area (Å²) in [4.78, 5) is 35.1. The smallest absolute Gasteiger partial charge is 0.256 e. The van der Waals surface area contributed by atoms with Gasteiger partial charge in [-0.05, 0) is 81.2 Å². The molecule has 2 saturated heterocycles. The first-order chi connectivity index (χ1) is 22.9. The summed E-state index contributed by atoms with van der Waals surface area (Å²) >= 11 is 0. The van der Waals surface area contributed by atoms with Crippen LogP contribution in [0.5, 0.6) is 17.2 Å². The van der Waals surface area contributed by atoms with E-state index in [9.17, 15) is 9.59 Å². The highest BCUT2D eigenvalue weighted by molar-refractivity contribution is 6.03. The van der Waals surface area contributed by atoms with Crippen LogP contribution in [0, 0.1) is 0 Å². The maximum atomic E-state index is 13.2. The Bertz CT molecular complexity index is 1670. The van der Waals surface area contributed by atoms with Crippen molar-refractivity contribution in [3.63, 3.8) is 0 Å². The molecule has 1 amide bonds. The fraction of sp³-hybridized carbons (Fsp3) is 0.432. The van der Waals surface area contributed by atoms with E-state index in [0.29, 0.717) is 60.8 Å². The highest BCUT2D eigenvalue weighted by atomic mass is 16.5. The van der Waals surface area contributed by atoms with Gasteiger partial charge in [0.05, 0.1) is 12.1 Å². The van der Waals surface area contributed by atoms with Crippen molar-refractivity contribution in [2.45, 2.75) is 52.0 Å². The Morgan fingerprint density at radius 1 is 0.936 bits per heavy atom. The zero-order valence-electron chi connectivity index (χ0n) is 27.6. The monoisotopic (exact) mass is 639 g/mol. The van der Waals surface area contributed by atoms with Crippen LogP contribution in [-0.4, -0.2) is 89.8 Å². The average molecular weight is 640 g/mol. The average Bonchev–Trinajstić information content (AvgIpc) is 3.49. The first-order valence-corrected chi connectivity index (χ1v) is 16.9. The van der Waals surface area contributed by atoms with Crippen LogP contribution in [0.3, 0.4) is 0 Å². The van der Waals surface area contributed by atoms with E-state index in [2.05, 4.69) is 39.2 Å². The lowest BCUT2D eigenvalue weighted by Crippen LogP contribution is -2.60. The lowest BCUT2D eigenvalue weighted by molar-refractivity contribution is 0.0236. The van der Waals surface area contributed by atoms with Crippen molar-refractivity contribution in [1.82, 2.24) is 19.4 Å². The number of nitrogens with zero attached hydrogens (tertiary/aromatic N) is 4. The third kappa shape index (κ3) is 7.67. The van der Waals surface area contributed by atoms with Gasteiger partial charge in [-0.1, -0.05) is 26.0 Å². The molecule has 0 saturated carbocycles. The Morgan fingerprint density at radius 3 is 2.45 bits per heavy atom. The summed E-state index contributed by atoms with van der Waals surface area (Å²) in [6.07, 6.45) is 6.04. The molecule has 2 aliphatic rings. The van der Waals surface area contributed by atoms with Crippen molar-refractivity contribution in [3.05, 3.63) is 78.1 Å². The number of anilines is 1. The van der Waals surface area contributed by atoms with Crippen molar-refractivity contribution in [2.75, 3.05) is 57.9 Å². The Labute approximate surface area is 276 Å². The van der Waals surface area contributed by atoms with E-state index >= 15 is 0 Å². The fourth-order valence-corrected chi connectivity index (χ4v) is 6.47. The maximum absolute atomic E-state index is 13.2. The van der Waals surface area contributed by atoms with E-state index in [0.717, 1.165) is 49.4 Å². The second-order valence-electron chi connectivity index (χ2n) is 12.2. The van der Waals surface area contributed by atoms with Gasteiger partial charge >= 0.3 is 0 Å². The number of fused-ring (bicyclic) bond motifs is 1. The third-order valence-corrected chi connectivity index (χ3v) is 9.29. The largest absolute Gasteiger partial charge is 0.487 e. The second-order valence-corrected chi connectivity index (χ2v) is 12.2. The highest BCUT2D eigenvalue weighted by Gasteiger charge is 2.33. The molecule has 4 heterocycles. The van der Waals surface area contributed by atoms with Crippen LogP contribution in [0.15, 0.2) is 67.0 Å². The molecule has 10 heteroatoms. The van der Waals surface area contributed by atoms with Gasteiger partial charge in [0.15, 0.2) is 11.5 Å². The molecule has 0 radical (unpaired) electrons. The second kappa shape index (κ2) is 15.1. The molecule has 2 aromatic heterocycles. The molecule has 0 bridgehead atoms. The number of hydrogen-bond donors (Lipinski definition) is 1. The Kier molecular flexibility index (Phi) is 10.5. The van der Waals surface area contributed by atoms with Crippen molar-refractivity contribution < 1.29 is 23.8 Å². The van der Waals surface area contributed by atoms with Crippen LogP contribution in [0.4, 0.5) is 5.82 Å². The molecule has 10 nitrogen and oxygen atoms in total. The van der Waals surface area contributed by atoms with E-state index in [1.807, 2.05) is 44.2 Å². The van der Waals surface area contributed by atoms with Gasteiger partial charge in [-0.25, -0.2) is 4.98 Å². The number of aromatic nitrogens is 2. The molecule has 2 fully saturated rings. The summed E-state index contributed by atoms with van der Waals surface area (Å²) in [5.74, 6) is 2.12. The van der Waals surface area contributed by atoms with Gasteiger partial charge in [0.2, 0.25) is 5.91 Å². The van der Waals surface area contributed by atoms with Crippen molar-refractivity contribution in [1.29, 1.82) is 0 Å². The van der Waals surface area contributed by atoms with E-state index in [1.165, 1.54) is 18.7 Å². The van der Waals surface area contributed by atoms with Gasteiger partial charge in [0.1, 0.15) is 18.2 Å². The zero-order valence-corrected chi connectivity index (χ0v) is 27.6. The first-order valence-electron chi connectivity index (χ1n) is 16.9. The molecule has 4 aromatic rings. The molecule has 0 unspecified atom stereocenters. The number of likely N-dealkylation sites (tertiary alicyclic amines) is 2. The van der Waals surface area contributed by atoms with E-state index in [4.69, 9.17) is 14.2 Å². The first kappa shape index (κ1) is 32.7. The Hall–Kier alpha value is -4.25. The summed E-state index contributed by atoms with van der Waals surface area (Å²) in [6.45, 7) is 13.2. The lowest BCUT2D eigenvalue weighted by atomic mass is 9.88. The molecule has 0 spiro atoms. The van der Waals surface area contributed by atoms with E-state index in [-0.39, 0.29) is 11.8 Å². The van der Waals surface area contributed by atoms with Gasteiger partial charge in [-0.15, -0.1) is 0 Å². The fourth-order valence-electron chi connectivity index (χ4n) is 6.47. The molecule has 2 aromatic carbocycles. The summed E-state index contributed by atoms with van der Waals surface area (Å²) < 4.78 is 19.4. The summed E-state index contributed by atoms with van der Waals surface area (Å²) in [5.41, 5.74) is 2.62. The topological polar surface area (TPSA) is 98.2 Å². The summed E-state index contributed by atoms with van der Waals surface area (Å²) in [5, 5.41) is 3.75. The van der Waals surface area contributed by atoms with Crippen LogP contribution in [0.25, 0.3) is 10.9 Å². The number of amides is 1. The minimum absolute atomic E-state index is 0.00801. The molecule has 6 rings (SSSR count). The molecular weight excluding hydrogens is 594 g/mol. The van der Waals surface area contributed by atoms with Crippen LogP contribution in [-0.2, 0) is 4.74 Å². The number of ether oxygens (including phenoxy) is 3. The van der Waals surface area contributed by atoms with Crippen molar-refractivity contribution >= 4 is 28.5 Å². The number of piperidine rings is 1. The van der Waals surface area contributed by atoms with Crippen LogP contribution in [0.1, 0.15) is 66.7 Å². The number of rotatable bonds is 13. The standard InChI is InChI=1S/C37H45N5O5/c1-4-36(43)42-18-14-29-21-34(33(23-32(29)42)46-20-19-45-6-3)47-31-11-15-38-35(22-31)39-37(44)28-9-7-26(8-10-28)27-12-16-41(17-13-27)30-24-40(5-2)25-30/h7-11,14-15,18,21-23,27,30H,4-6,12-13,16-17,19-20,24-25H2,1-3H3,(H,38,39,44). The van der Waals surface area contributed by atoms with E-state index < -0.39 is 0 Å². The van der Waals surface area contributed by atoms with Gasteiger partial charge in [-0.2, -0.15) is 0 Å². The van der Waals surface area contributed by atoms with Crippen molar-refractivity contribution in [3.8, 4) is 17.2 Å². The molecule has 47 heavy (non-hydrogen) atoms. The molecule has 248 valence electrons. The SMILES string of the molecule is CCOCCOc1cc2c(ccn2C(=O)CC)cc1Oc1ccnc(NC(=O)c2ccc(C3CCN(C4CN(CC)C4)CC3)cc2)c1. The number of carbonyl (C=O) groups excluding carboxylic acids is 2. The van der Waals surface area contributed by atoms with Gasteiger partial charge in [0.25, 0.3) is 5.91 Å². The molecular formula is C37H45N5O5. The van der Waals surface area contributed by atoms with Crippen LogP contribution < -0.4 is 14.8 Å². The van der Waals surface area contributed by atoms with Gasteiger partial charge in [-0.3, -0.25) is 19.1 Å². The lowest BCUT2D eigenvalue weighted by Gasteiger charge is -2.47. The number of carbonyl (C=O) groups is 2. The van der Waals surface area contributed by atoms with Crippen molar-refractivity contribution in [2.24, 2.45) is 0 Å². The zero-order chi connectivity index (χ0) is 32.8. The number of likely N-dealkylation sites (N-methyl/N-ethyl adjacent to an activating group) is 1. The highest BCUT2D eigenvalue weighted by Crippen LogP contribution is 2.37. The summed E-state index contributed by atoms with van der Waals surface area (Å²) in [6, 6.07) is 17.7. The quantitative estimate of drug-likeness (QED) is 0.167. The minimum atomic E-state index is -0.232. The minimum Gasteiger partial charge on any atom is -0.487 e. The van der Waals surface area contributed by atoms with Gasteiger partial charge in [0, 0.05) is 67.6 Å².